The number of carbonyl (C=O) groups is 1. The molecule has 0 radical (unpaired) electrons. The van der Waals surface area contributed by atoms with E-state index in [4.69, 9.17) is 0 Å². The predicted octanol–water partition coefficient (Wildman–Crippen LogP) is 3.67. The molecular formula is C21H29N5O. The molecule has 3 aromatic rings. The normalized spacial score (nSPS) is 11.4. The van der Waals surface area contributed by atoms with E-state index in [1.165, 1.54) is 10.9 Å². The van der Waals surface area contributed by atoms with E-state index in [-0.39, 0.29) is 5.91 Å². The summed E-state index contributed by atoms with van der Waals surface area (Å²) >= 11 is 0. The van der Waals surface area contributed by atoms with Gasteiger partial charge in [-0.25, -0.2) is 0 Å². The zero-order valence-corrected chi connectivity index (χ0v) is 16.2. The van der Waals surface area contributed by atoms with Gasteiger partial charge in [0.1, 0.15) is 0 Å². The zero-order valence-electron chi connectivity index (χ0n) is 16.2. The molecule has 1 aromatic carbocycles. The minimum absolute atomic E-state index is 0.0399. The van der Waals surface area contributed by atoms with Crippen molar-refractivity contribution in [3.8, 4) is 0 Å². The molecule has 2 N–H and O–H groups in total. The first-order chi connectivity index (χ1) is 13.2. The molecule has 0 saturated carbocycles. The third kappa shape index (κ3) is 5.20. The Balaban J connectivity index is 1.43. The van der Waals surface area contributed by atoms with Gasteiger partial charge in [0.2, 0.25) is 5.91 Å². The minimum atomic E-state index is 0.0399. The van der Waals surface area contributed by atoms with Crippen LogP contribution in [-0.4, -0.2) is 45.2 Å². The summed E-state index contributed by atoms with van der Waals surface area (Å²) in [6, 6.07) is 8.26. The summed E-state index contributed by atoms with van der Waals surface area (Å²) in [5.41, 5.74) is 3.18. The molecule has 6 heteroatoms. The molecule has 0 aliphatic heterocycles. The van der Waals surface area contributed by atoms with Crippen molar-refractivity contribution >= 4 is 22.5 Å². The fourth-order valence-electron chi connectivity index (χ4n) is 3.34. The number of anilines is 1. The third-order valence-corrected chi connectivity index (χ3v) is 4.98. The number of nitrogens with zero attached hydrogens (tertiary/aromatic N) is 3. The quantitative estimate of drug-likeness (QED) is 0.575. The van der Waals surface area contributed by atoms with Gasteiger partial charge in [-0.2, -0.15) is 5.10 Å². The summed E-state index contributed by atoms with van der Waals surface area (Å²) in [5, 5.41) is 8.53. The molecule has 2 heterocycles. The number of rotatable bonds is 10. The van der Waals surface area contributed by atoms with Gasteiger partial charge >= 0.3 is 0 Å². The maximum Gasteiger partial charge on any atom is 0.224 e. The number of hydrogen-bond donors (Lipinski definition) is 2. The van der Waals surface area contributed by atoms with Crippen LogP contribution in [0.25, 0.3) is 10.9 Å². The van der Waals surface area contributed by atoms with Crippen LogP contribution < -0.4 is 5.32 Å². The van der Waals surface area contributed by atoms with Gasteiger partial charge in [0, 0.05) is 36.3 Å². The first-order valence-corrected chi connectivity index (χ1v) is 9.79. The summed E-state index contributed by atoms with van der Waals surface area (Å²) in [6.45, 7) is 8.20. The molecule has 0 fully saturated rings. The maximum absolute atomic E-state index is 12.2. The average molecular weight is 367 g/mol. The van der Waals surface area contributed by atoms with Crippen molar-refractivity contribution in [3.05, 3.63) is 48.4 Å². The van der Waals surface area contributed by atoms with Gasteiger partial charge in [0.25, 0.3) is 0 Å². The molecule has 0 aliphatic carbocycles. The number of aryl methyl sites for hydroxylation is 1. The highest BCUT2D eigenvalue weighted by Gasteiger charge is 2.08. The lowest BCUT2D eigenvalue weighted by molar-refractivity contribution is -0.116. The van der Waals surface area contributed by atoms with Gasteiger partial charge < -0.3 is 15.2 Å². The molecule has 0 aliphatic rings. The number of para-hydroxylation sites is 1. The second-order valence-corrected chi connectivity index (χ2v) is 6.78. The number of carbonyl (C=O) groups excluding carboxylic acids is 1. The molecule has 1 amide bonds. The molecule has 0 atom stereocenters. The summed E-state index contributed by atoms with van der Waals surface area (Å²) in [7, 11) is 0. The number of fused-ring (bicyclic) bond motifs is 1. The topological polar surface area (TPSA) is 65.9 Å². The molecule has 144 valence electrons. The Hall–Kier alpha value is -2.60. The largest absolute Gasteiger partial charge is 0.361 e. The first-order valence-electron chi connectivity index (χ1n) is 9.79. The number of likely N-dealkylation sites (N-methyl/N-ethyl adjacent to an activating group) is 1. The fraction of sp³-hybridized carbons (Fsp3) is 0.429. The van der Waals surface area contributed by atoms with Crippen molar-refractivity contribution in [2.75, 3.05) is 25.0 Å². The van der Waals surface area contributed by atoms with E-state index in [2.05, 4.69) is 46.3 Å². The number of aromatic nitrogens is 3. The Labute approximate surface area is 160 Å². The molecule has 0 unspecified atom stereocenters. The highest BCUT2D eigenvalue weighted by atomic mass is 16.1. The van der Waals surface area contributed by atoms with Crippen LogP contribution in [0, 0.1) is 0 Å². The van der Waals surface area contributed by atoms with Crippen LogP contribution >= 0.6 is 0 Å². The van der Waals surface area contributed by atoms with Crippen LogP contribution in [0.2, 0.25) is 0 Å². The Kier molecular flexibility index (Phi) is 6.65. The molecule has 3 rings (SSSR count). The lowest BCUT2D eigenvalue weighted by Gasteiger charge is -2.17. The van der Waals surface area contributed by atoms with Gasteiger partial charge in [0.05, 0.1) is 18.4 Å². The van der Waals surface area contributed by atoms with E-state index in [0.717, 1.165) is 50.2 Å². The van der Waals surface area contributed by atoms with E-state index in [1.54, 1.807) is 6.20 Å². The Morgan fingerprint density at radius 1 is 1.26 bits per heavy atom. The number of amides is 1. The van der Waals surface area contributed by atoms with Crippen LogP contribution in [0.4, 0.5) is 5.69 Å². The Morgan fingerprint density at radius 3 is 2.89 bits per heavy atom. The third-order valence-electron chi connectivity index (χ3n) is 4.98. The lowest BCUT2D eigenvalue weighted by atomic mass is 10.1. The minimum Gasteiger partial charge on any atom is -0.361 e. The molecule has 27 heavy (non-hydrogen) atoms. The molecular weight excluding hydrogens is 338 g/mol. The number of aromatic amines is 1. The monoisotopic (exact) mass is 367 g/mol. The Morgan fingerprint density at radius 2 is 2.07 bits per heavy atom. The number of benzene rings is 1. The second kappa shape index (κ2) is 9.37. The molecule has 6 nitrogen and oxygen atoms in total. The fourth-order valence-corrected chi connectivity index (χ4v) is 3.34. The highest BCUT2D eigenvalue weighted by molar-refractivity contribution is 5.90. The number of H-pyrrole nitrogens is 1. The van der Waals surface area contributed by atoms with Crippen molar-refractivity contribution < 1.29 is 4.79 Å². The van der Waals surface area contributed by atoms with Crippen LogP contribution in [0.15, 0.2) is 42.9 Å². The standard InChI is InChI=1S/C21H29N5O/c1-3-25(4-2)12-13-26-16-18(15-23-26)24-21(27)11-7-8-17-14-22-20-10-6-5-9-19(17)20/h5-6,9-10,14-16,22H,3-4,7-8,11-13H2,1-2H3,(H,24,27). The first kappa shape index (κ1) is 19.2. The van der Waals surface area contributed by atoms with E-state index >= 15 is 0 Å². The van der Waals surface area contributed by atoms with Gasteiger partial charge in [0.15, 0.2) is 0 Å². The molecule has 0 saturated heterocycles. The van der Waals surface area contributed by atoms with Crippen molar-refractivity contribution in [1.29, 1.82) is 0 Å². The summed E-state index contributed by atoms with van der Waals surface area (Å²) in [6.07, 6.45) is 7.89. The highest BCUT2D eigenvalue weighted by Crippen LogP contribution is 2.19. The van der Waals surface area contributed by atoms with E-state index in [1.807, 2.05) is 29.2 Å². The van der Waals surface area contributed by atoms with Crippen LogP contribution in [0.3, 0.4) is 0 Å². The van der Waals surface area contributed by atoms with E-state index in [9.17, 15) is 4.79 Å². The second-order valence-electron chi connectivity index (χ2n) is 6.78. The van der Waals surface area contributed by atoms with Gasteiger partial charge in [-0.15, -0.1) is 0 Å². The van der Waals surface area contributed by atoms with Crippen LogP contribution in [0.5, 0.6) is 0 Å². The van der Waals surface area contributed by atoms with Gasteiger partial charge in [-0.3, -0.25) is 9.48 Å². The molecule has 2 aromatic heterocycles. The smallest absolute Gasteiger partial charge is 0.224 e. The van der Waals surface area contributed by atoms with Crippen molar-refractivity contribution in [3.63, 3.8) is 0 Å². The van der Waals surface area contributed by atoms with Crippen molar-refractivity contribution in [2.24, 2.45) is 0 Å². The predicted molar refractivity (Wildman–Crippen MR) is 110 cm³/mol. The van der Waals surface area contributed by atoms with Crippen molar-refractivity contribution in [1.82, 2.24) is 19.7 Å². The molecule has 0 spiro atoms. The van der Waals surface area contributed by atoms with Crippen molar-refractivity contribution in [2.45, 2.75) is 39.7 Å². The maximum atomic E-state index is 12.2. The zero-order chi connectivity index (χ0) is 19.1. The summed E-state index contributed by atoms with van der Waals surface area (Å²) in [5.74, 6) is 0.0399. The number of hydrogen-bond acceptors (Lipinski definition) is 3. The van der Waals surface area contributed by atoms with Gasteiger partial charge in [-0.1, -0.05) is 32.0 Å². The SMILES string of the molecule is CCN(CC)CCn1cc(NC(=O)CCCc2c[nH]c3ccccc23)cn1. The lowest BCUT2D eigenvalue weighted by Crippen LogP contribution is -2.27. The van der Waals surface area contributed by atoms with Gasteiger partial charge in [-0.05, 0) is 37.6 Å². The van der Waals surface area contributed by atoms with E-state index < -0.39 is 0 Å². The summed E-state index contributed by atoms with van der Waals surface area (Å²) in [4.78, 5) is 17.8. The average Bonchev–Trinajstić information content (AvgIpc) is 3.30. The van der Waals surface area contributed by atoms with Crippen LogP contribution in [0.1, 0.15) is 32.3 Å². The van der Waals surface area contributed by atoms with Crippen LogP contribution in [-0.2, 0) is 17.8 Å². The Bertz CT molecular complexity index is 862. The number of nitrogens with one attached hydrogen (secondary N) is 2. The van der Waals surface area contributed by atoms with E-state index in [0.29, 0.717) is 6.42 Å². The molecule has 0 bridgehead atoms. The summed E-state index contributed by atoms with van der Waals surface area (Å²) < 4.78 is 1.89.